The van der Waals surface area contributed by atoms with E-state index in [9.17, 15) is 9.59 Å². The Morgan fingerprint density at radius 3 is 2.80 bits per heavy atom. The van der Waals surface area contributed by atoms with E-state index < -0.39 is 0 Å². The van der Waals surface area contributed by atoms with Gasteiger partial charge in [0.15, 0.2) is 5.13 Å². The summed E-state index contributed by atoms with van der Waals surface area (Å²) >= 11 is 1.38. The van der Waals surface area contributed by atoms with E-state index >= 15 is 0 Å². The number of hydrogen-bond donors (Lipinski definition) is 2. The van der Waals surface area contributed by atoms with E-state index in [1.165, 1.54) is 11.3 Å². The molecular formula is C19H15N3O2S. The Hall–Kier alpha value is -2.99. The van der Waals surface area contributed by atoms with Crippen molar-refractivity contribution in [1.29, 1.82) is 0 Å². The highest BCUT2D eigenvalue weighted by Crippen LogP contribution is 2.36. The molecule has 0 radical (unpaired) electrons. The van der Waals surface area contributed by atoms with Crippen LogP contribution in [0.3, 0.4) is 0 Å². The summed E-state index contributed by atoms with van der Waals surface area (Å²) in [5.41, 5.74) is 4.14. The molecule has 0 spiro atoms. The van der Waals surface area contributed by atoms with Gasteiger partial charge in [-0.3, -0.25) is 14.9 Å². The highest BCUT2D eigenvalue weighted by Gasteiger charge is 2.26. The number of nitrogens with one attached hydrogen (secondary N) is 2. The molecule has 3 aromatic rings. The van der Waals surface area contributed by atoms with Crippen molar-refractivity contribution in [3.8, 4) is 11.3 Å². The summed E-state index contributed by atoms with van der Waals surface area (Å²) in [6.07, 6.45) is 0. The van der Waals surface area contributed by atoms with Crippen LogP contribution in [0.5, 0.6) is 0 Å². The van der Waals surface area contributed by atoms with Crippen LogP contribution in [0, 0.1) is 0 Å². The second-order valence-electron chi connectivity index (χ2n) is 5.87. The highest BCUT2D eigenvalue weighted by molar-refractivity contribution is 7.14. The quantitative estimate of drug-likeness (QED) is 0.747. The monoisotopic (exact) mass is 349 g/mol. The number of anilines is 2. The average Bonchev–Trinajstić information content (AvgIpc) is 3.21. The molecule has 6 heteroatoms. The maximum atomic E-state index is 12.2. The number of carbonyl (C=O) groups is 2. The minimum absolute atomic E-state index is 0.0150. The molecule has 0 saturated heterocycles. The number of amides is 2. The molecule has 0 saturated carbocycles. The average molecular weight is 349 g/mol. The third-order valence-electron chi connectivity index (χ3n) is 4.23. The number of rotatable bonds is 3. The van der Waals surface area contributed by atoms with Crippen LogP contribution in [-0.2, 0) is 4.79 Å². The van der Waals surface area contributed by atoms with Gasteiger partial charge in [0, 0.05) is 22.2 Å². The van der Waals surface area contributed by atoms with E-state index in [2.05, 4.69) is 15.6 Å². The topological polar surface area (TPSA) is 71.1 Å². The van der Waals surface area contributed by atoms with Gasteiger partial charge in [-0.2, -0.15) is 0 Å². The van der Waals surface area contributed by atoms with Crippen molar-refractivity contribution in [2.24, 2.45) is 0 Å². The van der Waals surface area contributed by atoms with Gasteiger partial charge >= 0.3 is 0 Å². The summed E-state index contributed by atoms with van der Waals surface area (Å²) in [6, 6.07) is 14.8. The second kappa shape index (κ2) is 6.14. The smallest absolute Gasteiger partial charge is 0.257 e. The predicted molar refractivity (Wildman–Crippen MR) is 99.0 cm³/mol. The van der Waals surface area contributed by atoms with Gasteiger partial charge in [-0.05, 0) is 36.8 Å². The van der Waals surface area contributed by atoms with E-state index in [1.807, 2.05) is 48.7 Å². The van der Waals surface area contributed by atoms with Gasteiger partial charge in [0.2, 0.25) is 5.91 Å². The summed E-state index contributed by atoms with van der Waals surface area (Å²) in [6.45, 7) is 1.89. The molecule has 2 N–H and O–H groups in total. The van der Waals surface area contributed by atoms with Crippen molar-refractivity contribution in [2.75, 3.05) is 10.6 Å². The largest absolute Gasteiger partial charge is 0.325 e. The minimum atomic E-state index is -0.182. The van der Waals surface area contributed by atoms with E-state index in [4.69, 9.17) is 0 Å². The summed E-state index contributed by atoms with van der Waals surface area (Å²) in [5, 5.41) is 8.13. The lowest BCUT2D eigenvalue weighted by atomic mass is 10.00. The molecular weight excluding hydrogens is 334 g/mol. The van der Waals surface area contributed by atoms with Crippen molar-refractivity contribution >= 4 is 34.0 Å². The Labute approximate surface area is 148 Å². The van der Waals surface area contributed by atoms with E-state index in [0.29, 0.717) is 10.7 Å². The molecule has 1 aromatic heterocycles. The first kappa shape index (κ1) is 15.5. The molecule has 1 atom stereocenters. The molecule has 124 valence electrons. The second-order valence-corrected chi connectivity index (χ2v) is 6.73. The van der Waals surface area contributed by atoms with Crippen LogP contribution in [0.1, 0.15) is 28.8 Å². The lowest BCUT2D eigenvalue weighted by Crippen LogP contribution is -2.11. The Morgan fingerprint density at radius 2 is 2.00 bits per heavy atom. The zero-order valence-corrected chi connectivity index (χ0v) is 14.3. The molecule has 0 aliphatic carbocycles. The van der Waals surface area contributed by atoms with Crippen LogP contribution in [0.25, 0.3) is 11.3 Å². The molecule has 1 aliphatic heterocycles. The Balaban J connectivity index is 1.56. The Morgan fingerprint density at radius 1 is 1.20 bits per heavy atom. The van der Waals surface area contributed by atoms with Crippen LogP contribution in [-0.4, -0.2) is 16.8 Å². The fraction of sp³-hybridized carbons (Fsp3) is 0.105. The predicted octanol–water partition coefficient (Wildman–Crippen LogP) is 4.12. The Bertz CT molecular complexity index is 966. The molecule has 4 rings (SSSR count). The fourth-order valence-electron chi connectivity index (χ4n) is 2.80. The van der Waals surface area contributed by atoms with Crippen molar-refractivity contribution in [1.82, 2.24) is 4.98 Å². The van der Waals surface area contributed by atoms with Gasteiger partial charge in [0.25, 0.3) is 5.91 Å². The van der Waals surface area contributed by atoms with Gasteiger partial charge in [-0.15, -0.1) is 11.3 Å². The molecule has 1 aliphatic rings. The Kier molecular flexibility index (Phi) is 3.82. The molecule has 2 aromatic carbocycles. The lowest BCUT2D eigenvalue weighted by Gasteiger charge is -2.04. The zero-order valence-electron chi connectivity index (χ0n) is 13.4. The maximum absolute atomic E-state index is 12.2. The van der Waals surface area contributed by atoms with E-state index in [0.717, 1.165) is 22.5 Å². The lowest BCUT2D eigenvalue weighted by molar-refractivity contribution is -0.116. The zero-order chi connectivity index (χ0) is 17.4. The first-order chi connectivity index (χ1) is 12.1. The molecule has 5 nitrogen and oxygen atoms in total. The van der Waals surface area contributed by atoms with Crippen LogP contribution in [0.4, 0.5) is 10.8 Å². The fourth-order valence-corrected chi connectivity index (χ4v) is 3.51. The minimum Gasteiger partial charge on any atom is -0.325 e. The normalized spacial score (nSPS) is 15.6. The van der Waals surface area contributed by atoms with Gasteiger partial charge < -0.3 is 5.32 Å². The van der Waals surface area contributed by atoms with Crippen molar-refractivity contribution in [3.05, 3.63) is 65.0 Å². The van der Waals surface area contributed by atoms with Crippen molar-refractivity contribution in [2.45, 2.75) is 12.8 Å². The standard InChI is InChI=1S/C19H15N3O2S/c1-11-14-9-13(7-8-15(14)20-17(11)23)16-10-25-19(21-16)22-18(24)12-5-3-2-4-6-12/h2-11H,1H3,(H,20,23)(H,21,22,24)/t11-/m0/s1. The van der Waals surface area contributed by atoms with Crippen molar-refractivity contribution in [3.63, 3.8) is 0 Å². The SMILES string of the molecule is C[C@@H]1C(=O)Nc2ccc(-c3csc(NC(=O)c4ccccc4)n3)cc21. The molecule has 25 heavy (non-hydrogen) atoms. The summed E-state index contributed by atoms with van der Waals surface area (Å²) < 4.78 is 0. The molecule has 0 unspecified atom stereocenters. The summed E-state index contributed by atoms with van der Waals surface area (Å²) in [5.74, 6) is -0.328. The number of thiazole rings is 1. The molecule has 0 fully saturated rings. The number of benzene rings is 2. The van der Waals surface area contributed by atoms with E-state index in [1.54, 1.807) is 12.1 Å². The van der Waals surface area contributed by atoms with Gasteiger partial charge in [0.05, 0.1) is 11.6 Å². The third kappa shape index (κ3) is 2.92. The van der Waals surface area contributed by atoms with Gasteiger partial charge in [-0.1, -0.05) is 24.3 Å². The third-order valence-corrected chi connectivity index (χ3v) is 4.98. The van der Waals surface area contributed by atoms with Crippen molar-refractivity contribution < 1.29 is 9.59 Å². The molecule has 2 amide bonds. The number of fused-ring (bicyclic) bond motifs is 1. The number of aromatic nitrogens is 1. The number of hydrogen-bond acceptors (Lipinski definition) is 4. The van der Waals surface area contributed by atoms with Crippen LogP contribution >= 0.6 is 11.3 Å². The first-order valence-corrected chi connectivity index (χ1v) is 8.77. The van der Waals surface area contributed by atoms with Gasteiger partial charge in [0.1, 0.15) is 0 Å². The van der Waals surface area contributed by atoms with E-state index in [-0.39, 0.29) is 17.7 Å². The van der Waals surface area contributed by atoms with Gasteiger partial charge in [-0.25, -0.2) is 4.98 Å². The highest BCUT2D eigenvalue weighted by atomic mass is 32.1. The maximum Gasteiger partial charge on any atom is 0.257 e. The van der Waals surface area contributed by atoms with Crippen LogP contribution in [0.2, 0.25) is 0 Å². The first-order valence-electron chi connectivity index (χ1n) is 7.89. The number of carbonyl (C=O) groups excluding carboxylic acids is 2. The molecule has 0 bridgehead atoms. The van der Waals surface area contributed by atoms with Crippen LogP contribution in [0.15, 0.2) is 53.9 Å². The summed E-state index contributed by atoms with van der Waals surface area (Å²) in [4.78, 5) is 28.5. The van der Waals surface area contributed by atoms with Crippen LogP contribution < -0.4 is 10.6 Å². The molecule has 2 heterocycles. The number of nitrogens with zero attached hydrogens (tertiary/aromatic N) is 1. The summed E-state index contributed by atoms with van der Waals surface area (Å²) in [7, 11) is 0.